The molecule has 3 heterocycles. The summed E-state index contributed by atoms with van der Waals surface area (Å²) in [6.07, 6.45) is 6.64. The maximum atomic E-state index is 13.2. The fourth-order valence-corrected chi connectivity index (χ4v) is 5.03. The number of anilines is 1. The average molecular weight is 536 g/mol. The van der Waals surface area contributed by atoms with Gasteiger partial charge in [0.05, 0.1) is 18.2 Å². The van der Waals surface area contributed by atoms with Crippen LogP contribution < -0.4 is 10.6 Å². The van der Waals surface area contributed by atoms with E-state index in [0.717, 1.165) is 63.1 Å². The first-order valence-electron chi connectivity index (χ1n) is 14.1. The van der Waals surface area contributed by atoms with Crippen molar-refractivity contribution in [1.82, 2.24) is 20.1 Å². The van der Waals surface area contributed by atoms with Crippen LogP contribution in [-0.4, -0.2) is 95.6 Å². The van der Waals surface area contributed by atoms with Crippen molar-refractivity contribution in [1.29, 1.82) is 0 Å². The lowest BCUT2D eigenvalue weighted by Gasteiger charge is -2.28. The van der Waals surface area contributed by atoms with Crippen molar-refractivity contribution in [2.45, 2.75) is 89.8 Å². The number of amides is 2. The second kappa shape index (κ2) is 14.6. The van der Waals surface area contributed by atoms with E-state index in [-0.39, 0.29) is 12.0 Å². The molecule has 38 heavy (non-hydrogen) atoms. The lowest BCUT2D eigenvalue weighted by Crippen LogP contribution is -2.50. The van der Waals surface area contributed by atoms with Gasteiger partial charge in [-0.05, 0) is 90.3 Å². The Morgan fingerprint density at radius 2 is 2.08 bits per heavy atom. The summed E-state index contributed by atoms with van der Waals surface area (Å²) >= 11 is 0. The van der Waals surface area contributed by atoms with Crippen molar-refractivity contribution in [3.05, 3.63) is 23.4 Å². The standard InChI is InChI=1S/C28H46FN5O4/c1-28(2,3)38-19-18-33(15-5-4-9-22-12-11-21-8-6-14-30-25(21)31-22)17-13-24(26(35)36)32-27(37)34-16-7-10-23(34)20-29/h11-12,23-24H,4-10,13-20H2,1-3H3,(H,30,31)(H,32,37)(H,35,36)/t23-,24-/m0/s1. The lowest BCUT2D eigenvalue weighted by molar-refractivity contribution is -0.139. The van der Waals surface area contributed by atoms with Gasteiger partial charge in [0, 0.05) is 31.9 Å². The molecule has 10 heteroatoms. The number of fused-ring (bicyclic) bond motifs is 1. The number of nitrogens with zero attached hydrogens (tertiary/aromatic N) is 3. The Hall–Kier alpha value is -2.46. The van der Waals surface area contributed by atoms with Gasteiger partial charge in [-0.25, -0.2) is 19.0 Å². The number of aromatic nitrogens is 1. The summed E-state index contributed by atoms with van der Waals surface area (Å²) in [5.74, 6) is -0.0597. The van der Waals surface area contributed by atoms with Crippen LogP contribution in [0.15, 0.2) is 12.1 Å². The number of likely N-dealkylation sites (tertiary alicyclic amines) is 1. The van der Waals surface area contributed by atoms with Gasteiger partial charge in [-0.3, -0.25) is 0 Å². The second-order valence-electron chi connectivity index (χ2n) is 11.4. The Kier molecular flexibility index (Phi) is 11.6. The number of hydrogen-bond acceptors (Lipinski definition) is 6. The van der Waals surface area contributed by atoms with Gasteiger partial charge in [0.25, 0.3) is 0 Å². The van der Waals surface area contributed by atoms with Crippen LogP contribution >= 0.6 is 0 Å². The highest BCUT2D eigenvalue weighted by molar-refractivity contribution is 5.82. The number of nitrogens with one attached hydrogen (secondary N) is 2. The molecule has 2 amide bonds. The normalized spacial score (nSPS) is 18.2. The summed E-state index contributed by atoms with van der Waals surface area (Å²) in [4.78, 5) is 33.0. The molecule has 0 radical (unpaired) electrons. The number of rotatable bonds is 14. The Morgan fingerprint density at radius 3 is 2.82 bits per heavy atom. The van der Waals surface area contributed by atoms with E-state index >= 15 is 0 Å². The Bertz CT molecular complexity index is 910. The number of carboxylic acids is 1. The van der Waals surface area contributed by atoms with Gasteiger partial charge >= 0.3 is 12.0 Å². The number of ether oxygens (including phenoxy) is 1. The number of carboxylic acid groups (broad SMARTS) is 1. The van der Waals surface area contributed by atoms with E-state index < -0.39 is 30.8 Å². The van der Waals surface area contributed by atoms with Crippen LogP contribution in [0.5, 0.6) is 0 Å². The minimum absolute atomic E-state index is 0.252. The predicted octanol–water partition coefficient (Wildman–Crippen LogP) is 3.87. The number of hydrogen-bond donors (Lipinski definition) is 3. The highest BCUT2D eigenvalue weighted by atomic mass is 19.1. The first-order chi connectivity index (χ1) is 18.2. The Labute approximate surface area is 226 Å². The molecule has 0 unspecified atom stereocenters. The molecule has 214 valence electrons. The number of unbranched alkanes of at least 4 members (excludes halogenated alkanes) is 1. The van der Waals surface area contributed by atoms with Crippen molar-refractivity contribution in [3.8, 4) is 0 Å². The largest absolute Gasteiger partial charge is 0.480 e. The zero-order valence-electron chi connectivity index (χ0n) is 23.3. The Morgan fingerprint density at radius 1 is 1.26 bits per heavy atom. The monoisotopic (exact) mass is 535 g/mol. The lowest BCUT2D eigenvalue weighted by atomic mass is 10.1. The van der Waals surface area contributed by atoms with Crippen LogP contribution in [0.1, 0.15) is 70.6 Å². The van der Waals surface area contributed by atoms with E-state index in [1.165, 1.54) is 10.5 Å². The third-order valence-corrected chi connectivity index (χ3v) is 7.20. The summed E-state index contributed by atoms with van der Waals surface area (Å²) in [6, 6.07) is 2.32. The molecule has 9 nitrogen and oxygen atoms in total. The maximum Gasteiger partial charge on any atom is 0.326 e. The van der Waals surface area contributed by atoms with Crippen LogP contribution in [0.3, 0.4) is 0 Å². The molecule has 1 aromatic rings. The summed E-state index contributed by atoms with van der Waals surface area (Å²) in [7, 11) is 0. The molecule has 3 rings (SSSR count). The van der Waals surface area contributed by atoms with Crippen molar-refractivity contribution < 1.29 is 23.8 Å². The summed E-state index contributed by atoms with van der Waals surface area (Å²) < 4.78 is 19.1. The molecule has 3 N–H and O–H groups in total. The van der Waals surface area contributed by atoms with E-state index in [4.69, 9.17) is 9.72 Å². The molecule has 1 fully saturated rings. The van der Waals surface area contributed by atoms with Crippen LogP contribution in [0, 0.1) is 0 Å². The quantitative estimate of drug-likeness (QED) is 0.311. The SMILES string of the molecule is CC(C)(C)OCCN(CCCCc1ccc2c(n1)NCCC2)CC[C@H](NC(=O)N1CCC[C@H]1CF)C(=O)O. The number of urea groups is 1. The van der Waals surface area contributed by atoms with Crippen molar-refractivity contribution >= 4 is 17.8 Å². The molecule has 1 saturated heterocycles. The third-order valence-electron chi connectivity index (χ3n) is 7.20. The maximum absolute atomic E-state index is 13.2. The van der Waals surface area contributed by atoms with Crippen LogP contribution in [0.4, 0.5) is 15.0 Å². The molecular formula is C28H46FN5O4. The van der Waals surface area contributed by atoms with E-state index in [1.54, 1.807) is 0 Å². The molecule has 0 spiro atoms. The molecule has 0 aromatic carbocycles. The van der Waals surface area contributed by atoms with E-state index in [0.29, 0.717) is 32.7 Å². The van der Waals surface area contributed by atoms with Crippen molar-refractivity contribution in [2.75, 3.05) is 51.3 Å². The summed E-state index contributed by atoms with van der Waals surface area (Å²) in [6.45, 7) is 9.38. The fourth-order valence-electron chi connectivity index (χ4n) is 5.03. The topological polar surface area (TPSA) is 107 Å². The first-order valence-corrected chi connectivity index (χ1v) is 14.1. The zero-order chi connectivity index (χ0) is 27.5. The van der Waals surface area contributed by atoms with Gasteiger partial charge in [-0.2, -0.15) is 0 Å². The predicted molar refractivity (Wildman–Crippen MR) is 146 cm³/mol. The summed E-state index contributed by atoms with van der Waals surface area (Å²) in [5.41, 5.74) is 2.12. The highest BCUT2D eigenvalue weighted by Crippen LogP contribution is 2.21. The van der Waals surface area contributed by atoms with Gasteiger partial charge in [0.15, 0.2) is 0 Å². The van der Waals surface area contributed by atoms with E-state index in [2.05, 4.69) is 27.7 Å². The second-order valence-corrected chi connectivity index (χ2v) is 11.4. The number of aryl methyl sites for hydroxylation is 2. The Balaban J connectivity index is 1.50. The van der Waals surface area contributed by atoms with Gasteiger partial charge < -0.3 is 30.3 Å². The number of pyridine rings is 1. The number of alkyl halides is 1. The highest BCUT2D eigenvalue weighted by Gasteiger charge is 2.31. The average Bonchev–Trinajstić information content (AvgIpc) is 3.36. The number of halogens is 1. The third kappa shape index (κ3) is 9.69. The van der Waals surface area contributed by atoms with Crippen LogP contribution in [0.2, 0.25) is 0 Å². The molecule has 2 aliphatic heterocycles. The minimum atomic E-state index is -1.08. The summed E-state index contributed by atoms with van der Waals surface area (Å²) in [5, 5.41) is 15.8. The van der Waals surface area contributed by atoms with Gasteiger partial charge in [0.2, 0.25) is 0 Å². The molecule has 0 bridgehead atoms. The number of aliphatic carboxylic acids is 1. The molecule has 2 atom stereocenters. The smallest absolute Gasteiger partial charge is 0.326 e. The first kappa shape index (κ1) is 30.1. The van der Waals surface area contributed by atoms with Gasteiger partial charge in [0.1, 0.15) is 18.5 Å². The number of carbonyl (C=O) groups is 2. The van der Waals surface area contributed by atoms with E-state index in [1.807, 2.05) is 20.8 Å². The van der Waals surface area contributed by atoms with Crippen LogP contribution in [0.25, 0.3) is 0 Å². The minimum Gasteiger partial charge on any atom is -0.480 e. The van der Waals surface area contributed by atoms with E-state index in [9.17, 15) is 19.1 Å². The number of carbonyl (C=O) groups excluding carboxylic acids is 1. The van der Waals surface area contributed by atoms with Crippen LogP contribution in [-0.2, 0) is 22.4 Å². The molecule has 0 saturated carbocycles. The molecular weight excluding hydrogens is 489 g/mol. The molecule has 0 aliphatic carbocycles. The van der Waals surface area contributed by atoms with Gasteiger partial charge in [-0.1, -0.05) is 6.07 Å². The van der Waals surface area contributed by atoms with Crippen molar-refractivity contribution in [2.24, 2.45) is 0 Å². The zero-order valence-corrected chi connectivity index (χ0v) is 23.3. The fraction of sp³-hybridized carbons (Fsp3) is 0.750. The van der Waals surface area contributed by atoms with Gasteiger partial charge in [-0.15, -0.1) is 0 Å². The molecule has 1 aromatic heterocycles. The van der Waals surface area contributed by atoms with Crippen molar-refractivity contribution in [3.63, 3.8) is 0 Å². The molecule has 2 aliphatic rings.